The van der Waals surface area contributed by atoms with Crippen molar-refractivity contribution in [2.45, 2.75) is 31.8 Å². The van der Waals surface area contributed by atoms with Gasteiger partial charge in [-0.15, -0.1) is 0 Å². The third-order valence-electron chi connectivity index (χ3n) is 3.52. The summed E-state index contributed by atoms with van der Waals surface area (Å²) in [5, 5.41) is 12.5. The molecule has 2 atom stereocenters. The minimum absolute atomic E-state index is 0.176. The van der Waals surface area contributed by atoms with Crippen LogP contribution in [0.4, 0.5) is 0 Å². The van der Waals surface area contributed by atoms with Crippen LogP contribution in [0.5, 0.6) is 5.88 Å². The van der Waals surface area contributed by atoms with Gasteiger partial charge in [0.05, 0.1) is 13.2 Å². The number of nitrogens with zero attached hydrogens (tertiary/aromatic N) is 1. The molecule has 5 heteroatoms. The van der Waals surface area contributed by atoms with Gasteiger partial charge in [0, 0.05) is 12.7 Å². The second-order valence-corrected chi connectivity index (χ2v) is 4.96. The van der Waals surface area contributed by atoms with Crippen LogP contribution in [-0.2, 0) is 0 Å². The number of aliphatic hydroxyl groups is 1. The average molecular weight is 264 g/mol. The fourth-order valence-electron chi connectivity index (χ4n) is 2.51. The van der Waals surface area contributed by atoms with Gasteiger partial charge < -0.3 is 15.2 Å². The maximum absolute atomic E-state index is 12.1. The fraction of sp³-hybridized carbons (Fsp3) is 0.571. The number of carbonyl (C=O) groups is 1. The van der Waals surface area contributed by atoms with E-state index in [2.05, 4.69) is 10.3 Å². The molecule has 2 rings (SSSR count). The first kappa shape index (κ1) is 13.8. The lowest BCUT2D eigenvalue weighted by atomic mass is 9.87. The second-order valence-electron chi connectivity index (χ2n) is 4.96. The van der Waals surface area contributed by atoms with Crippen LogP contribution in [0.25, 0.3) is 0 Å². The first-order valence-electron chi connectivity index (χ1n) is 6.66. The summed E-state index contributed by atoms with van der Waals surface area (Å²) in [6.45, 7) is 0.591. The van der Waals surface area contributed by atoms with Gasteiger partial charge in [-0.2, -0.15) is 0 Å². The number of ether oxygens (including phenoxy) is 1. The van der Waals surface area contributed by atoms with Gasteiger partial charge in [0.1, 0.15) is 5.56 Å². The summed E-state index contributed by atoms with van der Waals surface area (Å²) in [7, 11) is 1.50. The third-order valence-corrected chi connectivity index (χ3v) is 3.52. The third kappa shape index (κ3) is 3.67. The normalized spacial score (nSPS) is 22.8. The van der Waals surface area contributed by atoms with Gasteiger partial charge in [-0.25, -0.2) is 4.98 Å². The van der Waals surface area contributed by atoms with Crippen molar-refractivity contribution in [3.63, 3.8) is 0 Å². The Morgan fingerprint density at radius 3 is 3.16 bits per heavy atom. The summed E-state index contributed by atoms with van der Waals surface area (Å²) in [6, 6.07) is 3.40. The van der Waals surface area contributed by atoms with Gasteiger partial charge >= 0.3 is 0 Å². The molecule has 0 spiro atoms. The van der Waals surface area contributed by atoms with E-state index in [0.29, 0.717) is 23.9 Å². The van der Waals surface area contributed by atoms with Crippen LogP contribution in [0, 0.1) is 5.92 Å². The van der Waals surface area contributed by atoms with Gasteiger partial charge in [0.2, 0.25) is 5.88 Å². The predicted molar refractivity (Wildman–Crippen MR) is 71.1 cm³/mol. The van der Waals surface area contributed by atoms with E-state index in [4.69, 9.17) is 4.74 Å². The highest BCUT2D eigenvalue weighted by molar-refractivity contribution is 5.96. The molecule has 19 heavy (non-hydrogen) atoms. The molecule has 1 aromatic rings. The molecule has 1 amide bonds. The highest BCUT2D eigenvalue weighted by atomic mass is 16.5. The maximum Gasteiger partial charge on any atom is 0.256 e. The van der Waals surface area contributed by atoms with E-state index in [1.807, 2.05) is 0 Å². The molecular weight excluding hydrogens is 244 g/mol. The number of hydrogen-bond acceptors (Lipinski definition) is 4. The van der Waals surface area contributed by atoms with Crippen molar-refractivity contribution < 1.29 is 14.6 Å². The fourth-order valence-corrected chi connectivity index (χ4v) is 2.51. The molecule has 1 fully saturated rings. The van der Waals surface area contributed by atoms with Gasteiger partial charge in [-0.1, -0.05) is 6.42 Å². The van der Waals surface area contributed by atoms with E-state index >= 15 is 0 Å². The van der Waals surface area contributed by atoms with E-state index in [-0.39, 0.29) is 12.0 Å². The lowest BCUT2D eigenvalue weighted by Gasteiger charge is -2.25. The van der Waals surface area contributed by atoms with Crippen LogP contribution in [0.2, 0.25) is 0 Å². The zero-order chi connectivity index (χ0) is 13.7. The standard InChI is InChI=1S/C14H20N2O3/c1-19-14-12(6-3-7-15-14)13(18)16-9-10-4-2-5-11(17)8-10/h3,6-7,10-11,17H,2,4-5,8-9H2,1H3,(H,16,18). The highest BCUT2D eigenvalue weighted by Crippen LogP contribution is 2.23. The highest BCUT2D eigenvalue weighted by Gasteiger charge is 2.21. The number of methoxy groups -OCH3 is 1. The minimum Gasteiger partial charge on any atom is -0.480 e. The van der Waals surface area contributed by atoms with Crippen molar-refractivity contribution in [1.29, 1.82) is 0 Å². The smallest absolute Gasteiger partial charge is 0.256 e. The number of rotatable bonds is 4. The summed E-state index contributed by atoms with van der Waals surface area (Å²) in [6.07, 6.45) is 5.10. The van der Waals surface area contributed by atoms with E-state index < -0.39 is 0 Å². The number of amides is 1. The molecule has 0 aliphatic heterocycles. The Morgan fingerprint density at radius 2 is 2.42 bits per heavy atom. The molecule has 0 radical (unpaired) electrons. The van der Waals surface area contributed by atoms with Crippen LogP contribution in [0.15, 0.2) is 18.3 Å². The first-order valence-corrected chi connectivity index (χ1v) is 6.66. The topological polar surface area (TPSA) is 71.5 Å². The maximum atomic E-state index is 12.1. The minimum atomic E-state index is -0.219. The number of aromatic nitrogens is 1. The largest absolute Gasteiger partial charge is 0.480 e. The van der Waals surface area contributed by atoms with E-state index in [1.54, 1.807) is 18.3 Å². The molecule has 0 saturated heterocycles. The second kappa shape index (κ2) is 6.52. The van der Waals surface area contributed by atoms with Crippen LogP contribution < -0.4 is 10.1 Å². The van der Waals surface area contributed by atoms with Crippen LogP contribution in [0.3, 0.4) is 0 Å². The molecule has 1 aromatic heterocycles. The van der Waals surface area contributed by atoms with Crippen molar-refractivity contribution in [2.75, 3.05) is 13.7 Å². The summed E-state index contributed by atoms with van der Waals surface area (Å²) >= 11 is 0. The molecule has 1 heterocycles. The van der Waals surface area contributed by atoms with Crippen molar-refractivity contribution in [1.82, 2.24) is 10.3 Å². The predicted octanol–water partition coefficient (Wildman–Crippen LogP) is 1.37. The molecule has 1 saturated carbocycles. The van der Waals surface area contributed by atoms with Gasteiger partial charge in [-0.3, -0.25) is 4.79 Å². The molecular formula is C14H20N2O3. The Hall–Kier alpha value is -1.62. The average Bonchev–Trinajstić information content (AvgIpc) is 2.45. The molecule has 1 aliphatic carbocycles. The summed E-state index contributed by atoms with van der Waals surface area (Å²) in [4.78, 5) is 16.1. The molecule has 5 nitrogen and oxygen atoms in total. The lowest BCUT2D eigenvalue weighted by Crippen LogP contribution is -2.33. The quantitative estimate of drug-likeness (QED) is 0.861. The summed E-state index contributed by atoms with van der Waals surface area (Å²) < 4.78 is 5.06. The van der Waals surface area contributed by atoms with Gasteiger partial charge in [-0.05, 0) is 37.3 Å². The molecule has 1 aliphatic rings. The Balaban J connectivity index is 1.90. The van der Waals surface area contributed by atoms with Crippen LogP contribution >= 0.6 is 0 Å². The molecule has 0 bridgehead atoms. The number of aliphatic hydroxyl groups excluding tert-OH is 1. The first-order chi connectivity index (χ1) is 9.20. The number of hydrogen-bond donors (Lipinski definition) is 2. The van der Waals surface area contributed by atoms with Crippen LogP contribution in [-0.4, -0.2) is 35.8 Å². The van der Waals surface area contributed by atoms with E-state index in [1.165, 1.54) is 7.11 Å². The zero-order valence-corrected chi connectivity index (χ0v) is 11.1. The Bertz CT molecular complexity index is 436. The Kier molecular flexibility index (Phi) is 4.74. The molecule has 2 N–H and O–H groups in total. The zero-order valence-electron chi connectivity index (χ0n) is 11.1. The van der Waals surface area contributed by atoms with Crippen molar-refractivity contribution in [2.24, 2.45) is 5.92 Å². The summed E-state index contributed by atoms with van der Waals surface area (Å²) in [5.74, 6) is 0.518. The molecule has 2 unspecified atom stereocenters. The van der Waals surface area contributed by atoms with Gasteiger partial charge in [0.15, 0.2) is 0 Å². The number of carbonyl (C=O) groups excluding carboxylic acids is 1. The monoisotopic (exact) mass is 264 g/mol. The number of pyridine rings is 1. The number of nitrogens with one attached hydrogen (secondary N) is 1. The summed E-state index contributed by atoms with van der Waals surface area (Å²) in [5.41, 5.74) is 0.446. The van der Waals surface area contributed by atoms with E-state index in [0.717, 1.165) is 25.7 Å². The van der Waals surface area contributed by atoms with Crippen molar-refractivity contribution in [3.05, 3.63) is 23.9 Å². The lowest BCUT2D eigenvalue weighted by molar-refractivity contribution is 0.0871. The van der Waals surface area contributed by atoms with E-state index in [9.17, 15) is 9.90 Å². The van der Waals surface area contributed by atoms with Crippen molar-refractivity contribution >= 4 is 5.91 Å². The van der Waals surface area contributed by atoms with Crippen LogP contribution in [0.1, 0.15) is 36.0 Å². The van der Waals surface area contributed by atoms with Crippen molar-refractivity contribution in [3.8, 4) is 5.88 Å². The Labute approximate surface area is 113 Å². The Morgan fingerprint density at radius 1 is 1.58 bits per heavy atom. The van der Waals surface area contributed by atoms with Gasteiger partial charge in [0.25, 0.3) is 5.91 Å². The SMILES string of the molecule is COc1ncccc1C(=O)NCC1CCCC(O)C1. The molecule has 0 aromatic carbocycles. The molecule has 104 valence electrons.